The Labute approximate surface area is 218 Å². The van der Waals surface area contributed by atoms with E-state index < -0.39 is 47.9 Å². The predicted octanol–water partition coefficient (Wildman–Crippen LogP) is 3.99. The lowest BCUT2D eigenvalue weighted by atomic mass is 10.00. The van der Waals surface area contributed by atoms with Crippen LogP contribution in [0, 0.1) is 13.8 Å². The van der Waals surface area contributed by atoms with E-state index in [0.717, 1.165) is 11.1 Å². The first kappa shape index (κ1) is 29.4. The zero-order valence-electron chi connectivity index (χ0n) is 22.5. The fourth-order valence-corrected chi connectivity index (χ4v) is 3.79. The first-order valence-corrected chi connectivity index (χ1v) is 12.3. The van der Waals surface area contributed by atoms with Gasteiger partial charge in [0.05, 0.1) is 6.42 Å². The van der Waals surface area contributed by atoms with Crippen molar-refractivity contribution in [2.24, 2.45) is 5.73 Å². The third-order valence-electron chi connectivity index (χ3n) is 5.50. The second-order valence-electron chi connectivity index (χ2n) is 10.0. The summed E-state index contributed by atoms with van der Waals surface area (Å²) in [6.07, 6.45) is -0.778. The average Bonchev–Trinajstić information content (AvgIpc) is 2.79. The zero-order valence-corrected chi connectivity index (χ0v) is 22.5. The van der Waals surface area contributed by atoms with Gasteiger partial charge in [-0.25, -0.2) is 4.79 Å². The third-order valence-corrected chi connectivity index (χ3v) is 5.50. The van der Waals surface area contributed by atoms with Gasteiger partial charge < -0.3 is 26.0 Å². The van der Waals surface area contributed by atoms with Crippen LogP contribution in [-0.2, 0) is 19.1 Å². The predicted molar refractivity (Wildman–Crippen MR) is 143 cm³/mol. The molecule has 2 aromatic rings. The molecule has 0 bridgehead atoms. The van der Waals surface area contributed by atoms with Crippen molar-refractivity contribution in [1.82, 2.24) is 10.2 Å². The van der Waals surface area contributed by atoms with E-state index in [-0.39, 0.29) is 6.54 Å². The number of hydrogen-bond donors (Lipinski definition) is 3. The van der Waals surface area contributed by atoms with Gasteiger partial charge in [-0.1, -0.05) is 55.0 Å². The largest absolute Gasteiger partial charge is 0.444 e. The Balaban J connectivity index is 2.50. The molecule has 2 aromatic carbocycles. The Morgan fingerprint density at radius 1 is 1.00 bits per heavy atom. The maximum Gasteiger partial charge on any atom is 0.408 e. The number of rotatable bonds is 10. The highest BCUT2D eigenvalue weighted by atomic mass is 16.6. The lowest BCUT2D eigenvalue weighted by molar-refractivity contribution is -0.141. The summed E-state index contributed by atoms with van der Waals surface area (Å²) in [5, 5.41) is 5.40. The third kappa shape index (κ3) is 8.93. The van der Waals surface area contributed by atoms with Crippen LogP contribution in [0.4, 0.5) is 10.5 Å². The molecule has 0 aliphatic carbocycles. The minimum atomic E-state index is -1.31. The molecule has 0 fully saturated rings. The molecule has 0 aliphatic heterocycles. The van der Waals surface area contributed by atoms with Gasteiger partial charge in [0.2, 0.25) is 11.8 Å². The second-order valence-corrected chi connectivity index (χ2v) is 10.0. The van der Waals surface area contributed by atoms with Crippen LogP contribution in [0.25, 0.3) is 0 Å². The number of nitrogens with zero attached hydrogens (tertiary/aromatic N) is 1. The van der Waals surface area contributed by atoms with Crippen LogP contribution in [0.5, 0.6) is 0 Å². The van der Waals surface area contributed by atoms with Crippen molar-refractivity contribution >= 4 is 29.5 Å². The highest BCUT2D eigenvalue weighted by Gasteiger charge is 2.36. The Morgan fingerprint density at radius 2 is 1.62 bits per heavy atom. The second kappa shape index (κ2) is 12.9. The van der Waals surface area contributed by atoms with Crippen molar-refractivity contribution < 1.29 is 23.9 Å². The average molecular weight is 511 g/mol. The normalized spacial score (nSPS) is 12.7. The molecule has 0 spiro atoms. The van der Waals surface area contributed by atoms with E-state index in [9.17, 15) is 19.2 Å². The van der Waals surface area contributed by atoms with Crippen molar-refractivity contribution in [2.75, 3.05) is 11.9 Å². The molecular formula is C28H38N4O5. The molecule has 2 rings (SSSR count). The monoisotopic (exact) mass is 510 g/mol. The van der Waals surface area contributed by atoms with Crippen LogP contribution in [0.2, 0.25) is 0 Å². The Kier molecular flexibility index (Phi) is 10.2. The van der Waals surface area contributed by atoms with E-state index in [4.69, 9.17) is 10.5 Å². The summed E-state index contributed by atoms with van der Waals surface area (Å²) in [6.45, 7) is 10.9. The number of nitrogens with two attached hydrogens (primary N) is 1. The van der Waals surface area contributed by atoms with E-state index in [1.807, 2.05) is 51.1 Å². The topological polar surface area (TPSA) is 131 Å². The fraction of sp³-hybridized carbons (Fsp3) is 0.429. The van der Waals surface area contributed by atoms with Crippen LogP contribution in [-0.4, -0.2) is 46.9 Å². The van der Waals surface area contributed by atoms with Gasteiger partial charge in [0, 0.05) is 12.2 Å². The van der Waals surface area contributed by atoms with Crippen molar-refractivity contribution in [3.05, 3.63) is 65.2 Å². The Bertz CT molecular complexity index is 1110. The van der Waals surface area contributed by atoms with Crippen LogP contribution < -0.4 is 16.4 Å². The van der Waals surface area contributed by atoms with Gasteiger partial charge in [-0.15, -0.1) is 0 Å². The molecule has 0 saturated carbocycles. The summed E-state index contributed by atoms with van der Waals surface area (Å²) in [6, 6.07) is 12.3. The number of ether oxygens (including phenoxy) is 1. The number of carbonyl (C=O) groups is 4. The molecule has 0 radical (unpaired) electrons. The highest BCUT2D eigenvalue weighted by molar-refractivity contribution is 6.00. The summed E-state index contributed by atoms with van der Waals surface area (Å²) in [5.74, 6) is -1.81. The number of para-hydroxylation sites is 1. The van der Waals surface area contributed by atoms with Gasteiger partial charge in [-0.3, -0.25) is 14.4 Å². The molecular weight excluding hydrogens is 472 g/mol. The number of amides is 4. The van der Waals surface area contributed by atoms with E-state index >= 15 is 0 Å². The van der Waals surface area contributed by atoms with Crippen LogP contribution in [0.15, 0.2) is 48.5 Å². The number of primary amides is 1. The molecule has 4 amide bonds. The molecule has 0 aromatic heterocycles. The van der Waals surface area contributed by atoms with E-state index in [0.29, 0.717) is 17.7 Å². The molecule has 0 aliphatic rings. The number of nitrogens with one attached hydrogen (secondary N) is 2. The van der Waals surface area contributed by atoms with Crippen LogP contribution in [0.3, 0.4) is 0 Å². The summed E-state index contributed by atoms with van der Waals surface area (Å²) in [5.41, 5.74) is 7.67. The van der Waals surface area contributed by atoms with Crippen LogP contribution in [0.1, 0.15) is 63.3 Å². The number of aryl methyl sites for hydroxylation is 2. The van der Waals surface area contributed by atoms with Crippen molar-refractivity contribution in [3.8, 4) is 0 Å². The Hall–Kier alpha value is -3.88. The van der Waals surface area contributed by atoms with Gasteiger partial charge in [-0.2, -0.15) is 0 Å². The lowest BCUT2D eigenvalue weighted by Crippen LogP contribution is -2.53. The maximum atomic E-state index is 13.8. The Morgan fingerprint density at radius 3 is 2.16 bits per heavy atom. The number of benzene rings is 2. The molecule has 37 heavy (non-hydrogen) atoms. The molecule has 2 unspecified atom stereocenters. The van der Waals surface area contributed by atoms with E-state index in [2.05, 4.69) is 10.6 Å². The molecule has 0 saturated heterocycles. The summed E-state index contributed by atoms with van der Waals surface area (Å²) in [7, 11) is 0. The minimum absolute atomic E-state index is 0.198. The number of hydrogen-bond acceptors (Lipinski definition) is 5. The number of carbonyl (C=O) groups excluding carboxylic acids is 4. The molecule has 4 N–H and O–H groups in total. The fourth-order valence-electron chi connectivity index (χ4n) is 3.79. The van der Waals surface area contributed by atoms with Crippen molar-refractivity contribution in [1.29, 1.82) is 0 Å². The van der Waals surface area contributed by atoms with Crippen LogP contribution >= 0.6 is 0 Å². The standard InChI is InChI=1S/C28H38N4O5/c1-7-16-32(26(35)22(17-23(29)33)31-27(36)37-28(4,5)6)24(20-14-12-18(2)13-15-20)25(34)30-21-11-9-8-10-19(21)3/h8-15,22,24H,7,16-17H2,1-6H3,(H2,29,33)(H,30,34)(H,31,36). The van der Waals surface area contributed by atoms with Crippen molar-refractivity contribution in [2.45, 2.75) is 72.1 Å². The van der Waals surface area contributed by atoms with Gasteiger partial charge in [0.15, 0.2) is 0 Å². The first-order chi connectivity index (χ1) is 17.3. The molecule has 0 heterocycles. The minimum Gasteiger partial charge on any atom is -0.444 e. The summed E-state index contributed by atoms with van der Waals surface area (Å²) in [4.78, 5) is 53.3. The number of alkyl carbamates (subject to hydrolysis) is 1. The highest BCUT2D eigenvalue weighted by Crippen LogP contribution is 2.26. The quantitative estimate of drug-likeness (QED) is 0.445. The molecule has 200 valence electrons. The number of anilines is 1. The van der Waals surface area contributed by atoms with Gasteiger partial charge in [0.25, 0.3) is 5.91 Å². The first-order valence-electron chi connectivity index (χ1n) is 12.3. The lowest BCUT2D eigenvalue weighted by Gasteiger charge is -2.34. The van der Waals surface area contributed by atoms with Crippen molar-refractivity contribution in [3.63, 3.8) is 0 Å². The molecule has 9 nitrogen and oxygen atoms in total. The molecule has 9 heteroatoms. The van der Waals surface area contributed by atoms with Gasteiger partial charge in [0.1, 0.15) is 17.7 Å². The summed E-state index contributed by atoms with van der Waals surface area (Å²) >= 11 is 0. The van der Waals surface area contributed by atoms with E-state index in [1.165, 1.54) is 4.90 Å². The smallest absolute Gasteiger partial charge is 0.408 e. The van der Waals surface area contributed by atoms with Gasteiger partial charge in [-0.05, 0) is 58.2 Å². The molecule has 2 atom stereocenters. The summed E-state index contributed by atoms with van der Waals surface area (Å²) < 4.78 is 5.29. The maximum absolute atomic E-state index is 13.8. The van der Waals surface area contributed by atoms with Gasteiger partial charge >= 0.3 is 6.09 Å². The van der Waals surface area contributed by atoms with E-state index in [1.54, 1.807) is 39.0 Å². The SMILES string of the molecule is CCCN(C(=O)C(CC(N)=O)NC(=O)OC(C)(C)C)C(C(=O)Nc1ccccc1C)c1ccc(C)cc1. The zero-order chi connectivity index (χ0) is 27.8.